The van der Waals surface area contributed by atoms with Crippen molar-refractivity contribution in [1.82, 2.24) is 5.32 Å². The number of anilines is 1. The summed E-state index contributed by atoms with van der Waals surface area (Å²) in [4.78, 5) is 13.0. The van der Waals surface area contributed by atoms with Crippen molar-refractivity contribution in [2.75, 3.05) is 12.3 Å². The molecule has 1 atom stereocenters. The van der Waals surface area contributed by atoms with E-state index in [-0.39, 0.29) is 5.91 Å². The average molecular weight is 288 g/mol. The molecule has 1 saturated carbocycles. The van der Waals surface area contributed by atoms with Gasteiger partial charge in [-0.3, -0.25) is 4.79 Å². The van der Waals surface area contributed by atoms with Crippen LogP contribution in [0.1, 0.15) is 35.5 Å². The number of benzene rings is 1. The lowest BCUT2D eigenvalue weighted by atomic mass is 10.1. The number of fused-ring (bicyclic) bond motifs is 1. The first-order chi connectivity index (χ1) is 9.40. The van der Waals surface area contributed by atoms with Gasteiger partial charge in [0.1, 0.15) is 4.88 Å². The fraction of sp³-hybridized carbons (Fsp3) is 0.438. The SMILES string of the molecule is Cc1cccc2c(N)c(C(=O)NCC3CC3(C)C)sc12. The second-order valence-corrected chi connectivity index (χ2v) is 7.42. The highest BCUT2D eigenvalue weighted by molar-refractivity contribution is 7.21. The topological polar surface area (TPSA) is 55.1 Å². The Morgan fingerprint density at radius 3 is 2.80 bits per heavy atom. The number of rotatable bonds is 3. The van der Waals surface area contributed by atoms with Gasteiger partial charge in [0.05, 0.1) is 5.69 Å². The minimum Gasteiger partial charge on any atom is -0.397 e. The standard InChI is InChI=1S/C16H20N2OS/c1-9-5-4-6-11-12(17)14(20-13(9)11)15(19)18-8-10-7-16(10,2)3/h4-6,10H,7-8,17H2,1-3H3,(H,18,19). The Bertz CT molecular complexity index is 687. The Kier molecular flexibility index (Phi) is 3.01. The molecule has 0 radical (unpaired) electrons. The van der Waals surface area contributed by atoms with Crippen LogP contribution in [0.3, 0.4) is 0 Å². The van der Waals surface area contributed by atoms with Gasteiger partial charge in [-0.2, -0.15) is 0 Å². The highest BCUT2D eigenvalue weighted by Crippen LogP contribution is 2.51. The van der Waals surface area contributed by atoms with Crippen molar-refractivity contribution in [3.63, 3.8) is 0 Å². The first-order valence-electron chi connectivity index (χ1n) is 6.96. The molecule has 0 aliphatic heterocycles. The minimum absolute atomic E-state index is 0.0363. The van der Waals surface area contributed by atoms with Gasteiger partial charge >= 0.3 is 0 Å². The lowest BCUT2D eigenvalue weighted by Gasteiger charge is -2.05. The van der Waals surface area contributed by atoms with Crippen molar-refractivity contribution in [1.29, 1.82) is 0 Å². The van der Waals surface area contributed by atoms with Gasteiger partial charge in [-0.05, 0) is 30.2 Å². The molecule has 0 bridgehead atoms. The van der Waals surface area contributed by atoms with Crippen molar-refractivity contribution >= 4 is 33.0 Å². The van der Waals surface area contributed by atoms with Crippen LogP contribution >= 0.6 is 11.3 Å². The molecule has 1 fully saturated rings. The van der Waals surface area contributed by atoms with Crippen LogP contribution in [-0.2, 0) is 0 Å². The monoisotopic (exact) mass is 288 g/mol. The Labute approximate surface area is 123 Å². The maximum Gasteiger partial charge on any atom is 0.263 e. The molecule has 0 spiro atoms. The van der Waals surface area contributed by atoms with Gasteiger partial charge in [0, 0.05) is 16.6 Å². The fourth-order valence-electron chi connectivity index (χ4n) is 2.67. The molecule has 1 heterocycles. The van der Waals surface area contributed by atoms with Crippen LogP contribution in [0.25, 0.3) is 10.1 Å². The van der Waals surface area contributed by atoms with Crippen molar-refractivity contribution in [3.8, 4) is 0 Å². The molecule has 3 nitrogen and oxygen atoms in total. The molecule has 1 aromatic heterocycles. The molecule has 0 saturated heterocycles. The second kappa shape index (κ2) is 4.48. The number of amides is 1. The van der Waals surface area contributed by atoms with Gasteiger partial charge in [-0.15, -0.1) is 11.3 Å². The van der Waals surface area contributed by atoms with E-state index in [1.165, 1.54) is 23.3 Å². The maximum atomic E-state index is 12.3. The Morgan fingerprint density at radius 2 is 2.20 bits per heavy atom. The quantitative estimate of drug-likeness (QED) is 0.907. The summed E-state index contributed by atoms with van der Waals surface area (Å²) in [5, 5.41) is 4.02. The third-order valence-corrected chi connectivity index (χ3v) is 5.74. The van der Waals surface area contributed by atoms with E-state index >= 15 is 0 Å². The predicted molar refractivity (Wildman–Crippen MR) is 85.2 cm³/mol. The van der Waals surface area contributed by atoms with Crippen molar-refractivity contribution in [2.24, 2.45) is 11.3 Å². The maximum absolute atomic E-state index is 12.3. The van der Waals surface area contributed by atoms with Gasteiger partial charge in [-0.1, -0.05) is 32.0 Å². The lowest BCUT2D eigenvalue weighted by Crippen LogP contribution is -2.26. The summed E-state index contributed by atoms with van der Waals surface area (Å²) >= 11 is 1.49. The Balaban J connectivity index is 1.81. The zero-order chi connectivity index (χ0) is 14.5. The summed E-state index contributed by atoms with van der Waals surface area (Å²) in [6, 6.07) is 6.01. The number of nitrogens with two attached hydrogens (primary N) is 1. The molecule has 3 N–H and O–H groups in total. The van der Waals surface area contributed by atoms with Crippen LogP contribution in [0, 0.1) is 18.3 Å². The number of thiophene rings is 1. The van der Waals surface area contributed by atoms with Crippen molar-refractivity contribution < 1.29 is 4.79 Å². The van der Waals surface area contributed by atoms with Gasteiger partial charge in [0.2, 0.25) is 0 Å². The third kappa shape index (κ3) is 2.18. The summed E-state index contributed by atoms with van der Waals surface area (Å²) < 4.78 is 1.11. The highest BCUT2D eigenvalue weighted by Gasteiger charge is 2.45. The van der Waals surface area contributed by atoms with E-state index in [9.17, 15) is 4.79 Å². The van der Waals surface area contributed by atoms with Crippen LogP contribution in [0.5, 0.6) is 0 Å². The molecule has 3 rings (SSSR count). The Morgan fingerprint density at radius 1 is 1.50 bits per heavy atom. The molecule has 1 unspecified atom stereocenters. The number of nitrogen functional groups attached to an aromatic ring is 1. The minimum atomic E-state index is -0.0363. The van der Waals surface area contributed by atoms with Crippen LogP contribution in [0.15, 0.2) is 18.2 Å². The van der Waals surface area contributed by atoms with E-state index < -0.39 is 0 Å². The van der Waals surface area contributed by atoms with Gasteiger partial charge in [-0.25, -0.2) is 0 Å². The number of carbonyl (C=O) groups excluding carboxylic acids is 1. The molecule has 1 amide bonds. The van der Waals surface area contributed by atoms with Gasteiger partial charge in [0.15, 0.2) is 0 Å². The molecule has 1 aliphatic carbocycles. The van der Waals surface area contributed by atoms with Gasteiger partial charge in [0.25, 0.3) is 5.91 Å². The van der Waals surface area contributed by atoms with E-state index in [1.54, 1.807) is 0 Å². The molecule has 1 aliphatic rings. The molecule has 2 aromatic rings. The zero-order valence-corrected chi connectivity index (χ0v) is 12.9. The normalized spacial score (nSPS) is 20.1. The summed E-state index contributed by atoms with van der Waals surface area (Å²) in [7, 11) is 0. The second-order valence-electron chi connectivity index (χ2n) is 6.40. The summed E-state index contributed by atoms with van der Waals surface area (Å²) in [6.45, 7) is 7.27. The zero-order valence-electron chi connectivity index (χ0n) is 12.1. The van der Waals surface area contributed by atoms with Crippen LogP contribution in [-0.4, -0.2) is 12.5 Å². The van der Waals surface area contributed by atoms with Crippen LogP contribution < -0.4 is 11.1 Å². The van der Waals surface area contributed by atoms with E-state index in [4.69, 9.17) is 5.73 Å². The Hall–Kier alpha value is -1.55. The van der Waals surface area contributed by atoms with E-state index in [1.807, 2.05) is 25.1 Å². The smallest absolute Gasteiger partial charge is 0.263 e. The van der Waals surface area contributed by atoms with Crippen LogP contribution in [0.2, 0.25) is 0 Å². The molecular weight excluding hydrogens is 268 g/mol. The number of aryl methyl sites for hydroxylation is 1. The average Bonchev–Trinajstić information content (AvgIpc) is 2.85. The van der Waals surface area contributed by atoms with Crippen LogP contribution in [0.4, 0.5) is 5.69 Å². The fourth-order valence-corrected chi connectivity index (χ4v) is 3.77. The van der Waals surface area contributed by atoms with Crippen molar-refractivity contribution in [3.05, 3.63) is 28.6 Å². The van der Waals surface area contributed by atoms with E-state index in [2.05, 4.69) is 19.2 Å². The molecule has 4 heteroatoms. The first kappa shape index (κ1) is 13.4. The highest BCUT2D eigenvalue weighted by atomic mass is 32.1. The third-order valence-electron chi connectivity index (χ3n) is 4.38. The number of hydrogen-bond acceptors (Lipinski definition) is 3. The summed E-state index contributed by atoms with van der Waals surface area (Å²) in [6.07, 6.45) is 1.19. The van der Waals surface area contributed by atoms with Crippen molar-refractivity contribution in [2.45, 2.75) is 27.2 Å². The first-order valence-corrected chi connectivity index (χ1v) is 7.77. The molecule has 1 aromatic carbocycles. The largest absolute Gasteiger partial charge is 0.397 e. The predicted octanol–water partition coefficient (Wildman–Crippen LogP) is 3.57. The lowest BCUT2D eigenvalue weighted by molar-refractivity contribution is 0.0955. The molecule has 20 heavy (non-hydrogen) atoms. The molecular formula is C16H20N2OS. The number of hydrogen-bond donors (Lipinski definition) is 2. The number of nitrogens with one attached hydrogen (secondary N) is 1. The van der Waals surface area contributed by atoms with Gasteiger partial charge < -0.3 is 11.1 Å². The summed E-state index contributed by atoms with van der Waals surface area (Å²) in [5.41, 5.74) is 8.30. The van der Waals surface area contributed by atoms with E-state index in [0.29, 0.717) is 21.9 Å². The molecule has 106 valence electrons. The number of carbonyl (C=O) groups is 1. The summed E-state index contributed by atoms with van der Waals surface area (Å²) in [5.74, 6) is 0.564. The van der Waals surface area contributed by atoms with E-state index in [0.717, 1.165) is 16.6 Å².